The normalized spacial score (nSPS) is 16.4. The van der Waals surface area contributed by atoms with E-state index in [4.69, 9.17) is 15.6 Å². The van der Waals surface area contributed by atoms with E-state index in [1.165, 1.54) is 70.2 Å². The van der Waals surface area contributed by atoms with Crippen LogP contribution < -0.4 is 36.0 Å². The maximum absolute atomic E-state index is 10.9. The van der Waals surface area contributed by atoms with E-state index in [1.807, 2.05) is 0 Å². The summed E-state index contributed by atoms with van der Waals surface area (Å²) in [4.78, 5) is 51.3. The van der Waals surface area contributed by atoms with Crippen molar-refractivity contribution in [3.63, 3.8) is 0 Å². The van der Waals surface area contributed by atoms with Gasteiger partial charge in [-0.05, 0) is 112 Å². The Balaban J connectivity index is 0.000000376. The smallest absolute Gasteiger partial charge is 0.319 e. The molecule has 1 aliphatic heterocycles. The maximum atomic E-state index is 10.9. The third kappa shape index (κ3) is 19.6. The van der Waals surface area contributed by atoms with Gasteiger partial charge in [0.15, 0.2) is 17.3 Å². The number of aliphatic hydroxyl groups excluding tert-OH is 2. The zero-order valence-corrected chi connectivity index (χ0v) is 48.7. The molecule has 0 fully saturated rings. The van der Waals surface area contributed by atoms with Crippen LogP contribution in [0.4, 0.5) is 27.1 Å². The summed E-state index contributed by atoms with van der Waals surface area (Å²) in [6, 6.07) is 17.4. The molecular formula is C51H56BrCoN16O11S2-. The molecule has 0 saturated heterocycles. The monoisotopic (exact) mass is 1270 g/mol. The van der Waals surface area contributed by atoms with Gasteiger partial charge in [0, 0.05) is 97.9 Å². The number of fused-ring (bicyclic) bond motifs is 1. The molecule has 1 radical (unpaired) electrons. The van der Waals surface area contributed by atoms with E-state index < -0.39 is 9.85 Å². The number of aromatic nitrogens is 2. The summed E-state index contributed by atoms with van der Waals surface area (Å²) in [6.45, 7) is 13.3. The Kier molecular flexibility index (Phi) is 28.1. The Morgan fingerprint density at radius 2 is 1.35 bits per heavy atom. The molecule has 3 heterocycles. The van der Waals surface area contributed by atoms with Crippen molar-refractivity contribution in [3.05, 3.63) is 172 Å². The number of nitrogens with zero attached hydrogens (tertiary/aromatic N) is 13. The molecule has 435 valence electrons. The molecule has 0 saturated carbocycles. The van der Waals surface area contributed by atoms with Gasteiger partial charge < -0.3 is 62.5 Å². The molecule has 0 spiro atoms. The number of thiazole rings is 2. The molecule has 3 aliphatic rings. The number of aryl methyl sites for hydroxylation is 1. The van der Waals surface area contributed by atoms with Crippen molar-refractivity contribution < 1.29 is 66.7 Å². The van der Waals surface area contributed by atoms with Crippen LogP contribution >= 0.6 is 38.6 Å². The Bertz CT molecular complexity index is 3470. The Hall–Kier alpha value is -9.14. The van der Waals surface area contributed by atoms with Crippen molar-refractivity contribution in [2.24, 2.45) is 47.3 Å². The van der Waals surface area contributed by atoms with E-state index in [9.17, 15) is 40.0 Å². The van der Waals surface area contributed by atoms with Crippen LogP contribution in [0.2, 0.25) is 0 Å². The van der Waals surface area contributed by atoms with Crippen molar-refractivity contribution >= 4 is 113 Å². The molecule has 1 unspecified atom stereocenters. The first-order valence-corrected chi connectivity index (χ1v) is 25.9. The molecule has 1 atom stereocenters. The van der Waals surface area contributed by atoms with E-state index >= 15 is 0 Å². The molecule has 0 amide bonds. The summed E-state index contributed by atoms with van der Waals surface area (Å²) in [6.07, 6.45) is 16.6. The number of rotatable bonds is 12. The fraction of sp³-hybridized carbons (Fsp3) is 0.196. The van der Waals surface area contributed by atoms with Crippen molar-refractivity contribution in [2.45, 2.75) is 46.5 Å². The molecular weight excluding hydrogens is 1220 g/mol. The summed E-state index contributed by atoms with van der Waals surface area (Å²) >= 11 is 5.16. The maximum Gasteiger partial charge on any atom is 0.319 e. The van der Waals surface area contributed by atoms with Crippen LogP contribution in [0.15, 0.2) is 161 Å². The number of hydrazone groups is 1. The number of nitrogens with one attached hydrogen (secondary N) is 1. The number of phenols is 2. The zero-order chi connectivity index (χ0) is 59.1. The molecule has 11 N–H and O–H groups in total. The number of hydrogen-bond donors (Lipinski definition) is 7. The zero-order valence-electron chi connectivity index (χ0n) is 44.5. The third-order valence-corrected chi connectivity index (χ3v) is 13.5. The number of aromatic hydroxyl groups is 2. The van der Waals surface area contributed by atoms with Crippen LogP contribution in [0.5, 0.6) is 11.5 Å². The van der Waals surface area contributed by atoms with Crippen LogP contribution in [0, 0.1) is 32.6 Å². The topological polar surface area (TPSA) is 430 Å². The quantitative estimate of drug-likeness (QED) is 0.00933. The number of carbonyl (C=O) groups is 2. The number of nitrogens with two attached hydrogens (primary N) is 2. The molecule has 31 heteroatoms. The van der Waals surface area contributed by atoms with E-state index in [1.54, 1.807) is 0 Å². The van der Waals surface area contributed by atoms with Gasteiger partial charge in [0.05, 0.1) is 15.3 Å². The summed E-state index contributed by atoms with van der Waals surface area (Å²) in [7, 11) is 2.18. The molecule has 5 aromatic rings. The van der Waals surface area contributed by atoms with Crippen molar-refractivity contribution in [3.8, 4) is 11.5 Å². The van der Waals surface area contributed by atoms with Crippen molar-refractivity contribution in [1.29, 1.82) is 5.41 Å². The summed E-state index contributed by atoms with van der Waals surface area (Å²) in [5, 5.41) is 88.1. The number of anilines is 1. The molecule has 0 bridgehead atoms. The van der Waals surface area contributed by atoms with E-state index in [0.717, 1.165) is 89.9 Å². The Morgan fingerprint density at radius 3 is 1.78 bits per heavy atom. The number of halogens is 1. The Labute approximate surface area is 494 Å². The van der Waals surface area contributed by atoms with Gasteiger partial charge in [-0.1, -0.05) is 51.6 Å². The predicted octanol–water partition coefficient (Wildman–Crippen LogP) is 7.42. The summed E-state index contributed by atoms with van der Waals surface area (Å²) in [5.41, 5.74) is 13.0. The van der Waals surface area contributed by atoms with Crippen LogP contribution in [-0.4, -0.2) is 102 Å². The second kappa shape index (κ2) is 33.4. The van der Waals surface area contributed by atoms with Crippen LogP contribution in [0.1, 0.15) is 50.8 Å². The molecule has 27 nitrogen and oxygen atoms in total. The molecule has 8 rings (SSSR count). The molecule has 2 aliphatic carbocycles. The van der Waals surface area contributed by atoms with Crippen LogP contribution in [-0.2, 0) is 31.8 Å². The Morgan fingerprint density at radius 1 is 0.817 bits per heavy atom. The average Bonchev–Trinajstić information content (AvgIpc) is 4.30. The number of carbonyl (C=O) groups excluding carboxylic acids is 2. The number of aliphatic hydroxyl groups is 2. The standard InChI is InChI=1S/C25H32BrN2.2C9H6N4O4S.C7H7N3O2.CH5N3.Co.H2O/c1-7-25(5)22-17-20(26)12-14-23(22)27(6)24(25)15-11-19-10-13-21(16-18(19)4)28(8-2)9-3;2*14-5-1-2-6(7(15)3-5)11-12-9-10-4-8(18-9)13(16)17;8-4-9-10-6-2-1-5(11)3-7(6)12;2-1-4-3;;/h10-17H,7-9H2,1-6H3;2*1-4H,(H2,10,12,14,15);1-4,8,11-12H;1H,3H2,(H2,2,4);;1H2/q+1;;;;;;/p-2. The van der Waals surface area contributed by atoms with Gasteiger partial charge in [-0.3, -0.25) is 45.4 Å². The number of hydrogen-bond acceptors (Lipinski definition) is 21. The minimum Gasteiger partial charge on any atom is -0.508 e. The minimum atomic E-state index is -0.583. The minimum absolute atomic E-state index is 0. The second-order valence-electron chi connectivity index (χ2n) is 16.3. The second-order valence-corrected chi connectivity index (χ2v) is 19.2. The number of ketones is 2. The van der Waals surface area contributed by atoms with Gasteiger partial charge in [-0.2, -0.15) is 9.68 Å². The SMILES string of the molecule is CCN(CC)c1ccc(/C=C/C2=[N+](C)c3ccc(Br)cc3C2(C)CC)c(C)c1.N/C=N\N.N=CN=Nc1ccc(O)cc1O.O.O=C1C=CC(=NN=c2[n-]cc([N+](=O)[O-])s2)C(O)=C1.O=C1C=CC(=NN=c2[n-]cc([N+](=O)[O-])s2)C(O)=C1.[Co]. The fourth-order valence-corrected chi connectivity index (χ4v) is 8.65. The average molecular weight is 1270 g/mol. The number of benzene rings is 3. The van der Waals surface area contributed by atoms with Crippen LogP contribution in [0.3, 0.4) is 0 Å². The van der Waals surface area contributed by atoms with Gasteiger partial charge in [0.1, 0.15) is 59.9 Å². The number of phenolic OH excluding ortho intramolecular Hbond substituents is 2. The van der Waals surface area contributed by atoms with E-state index in [-0.39, 0.29) is 99.0 Å². The molecule has 3 aromatic carbocycles. The van der Waals surface area contributed by atoms with E-state index in [2.05, 4.69) is 173 Å². The first-order chi connectivity index (χ1) is 38.1. The summed E-state index contributed by atoms with van der Waals surface area (Å²) in [5.74, 6) is 2.95. The van der Waals surface area contributed by atoms with Gasteiger partial charge in [0.2, 0.25) is 5.69 Å². The molecule has 2 aromatic heterocycles. The van der Waals surface area contributed by atoms with Crippen molar-refractivity contribution in [2.75, 3.05) is 25.0 Å². The summed E-state index contributed by atoms with van der Waals surface area (Å²) < 4.78 is 3.49. The van der Waals surface area contributed by atoms with Gasteiger partial charge in [-0.15, -0.1) is 10.2 Å². The van der Waals surface area contributed by atoms with E-state index in [0.29, 0.717) is 0 Å². The largest absolute Gasteiger partial charge is 0.508 e. The number of azo groups is 1. The number of allylic oxidation sites excluding steroid dienone is 7. The first-order valence-electron chi connectivity index (χ1n) is 23.5. The van der Waals surface area contributed by atoms with Crippen LogP contribution in [0.25, 0.3) is 6.08 Å². The third-order valence-electron chi connectivity index (χ3n) is 11.3. The van der Waals surface area contributed by atoms with Crippen molar-refractivity contribution in [1.82, 2.24) is 9.97 Å². The van der Waals surface area contributed by atoms with Gasteiger partial charge in [-0.25, -0.2) is 0 Å². The first kappa shape index (κ1) is 69.0. The van der Waals surface area contributed by atoms with Gasteiger partial charge >= 0.3 is 10.0 Å². The predicted molar refractivity (Wildman–Crippen MR) is 314 cm³/mol. The van der Waals surface area contributed by atoms with Gasteiger partial charge in [0.25, 0.3) is 0 Å². The number of nitro groups is 2. The molecule has 82 heavy (non-hydrogen) atoms. The fourth-order valence-electron chi connectivity index (χ4n) is 7.18.